The molecule has 1 heterocycles. The van der Waals surface area contributed by atoms with Gasteiger partial charge in [-0.1, -0.05) is 31.0 Å². The van der Waals surface area contributed by atoms with Crippen LogP contribution >= 0.6 is 11.8 Å². The van der Waals surface area contributed by atoms with Crippen LogP contribution in [0, 0.1) is 5.41 Å². The Bertz CT molecular complexity index is 640. The fourth-order valence-corrected chi connectivity index (χ4v) is 5.70. The van der Waals surface area contributed by atoms with Crippen molar-refractivity contribution < 1.29 is 19.4 Å². The van der Waals surface area contributed by atoms with Gasteiger partial charge in [-0.25, -0.2) is 0 Å². The van der Waals surface area contributed by atoms with Gasteiger partial charge in [0.1, 0.15) is 5.41 Å². The van der Waals surface area contributed by atoms with Crippen LogP contribution in [0.5, 0.6) is 0 Å². The molecule has 0 bridgehead atoms. The Morgan fingerprint density at radius 3 is 2.46 bits per heavy atom. The Morgan fingerprint density at radius 1 is 1.15 bits per heavy atom. The van der Waals surface area contributed by atoms with Gasteiger partial charge >= 0.3 is 5.97 Å². The maximum Gasteiger partial charge on any atom is 0.313 e. The van der Waals surface area contributed by atoms with E-state index in [1.807, 2.05) is 30.3 Å². The molecule has 1 atom stereocenters. The van der Waals surface area contributed by atoms with Gasteiger partial charge in [-0.2, -0.15) is 0 Å². The minimum atomic E-state index is -0.986. The number of amides is 1. The molecule has 1 aliphatic carbocycles. The SMILES string of the molecule is COCC1(C(=O)O)CCCN(C(=O)C2(Sc3ccccc3)CCCC2)C1. The Hall–Kier alpha value is -1.53. The summed E-state index contributed by atoms with van der Waals surface area (Å²) in [4.78, 5) is 28.3. The number of aliphatic carboxylic acids is 1. The number of hydrogen-bond donors (Lipinski definition) is 1. The average Bonchev–Trinajstić information content (AvgIpc) is 3.12. The highest BCUT2D eigenvalue weighted by atomic mass is 32.2. The summed E-state index contributed by atoms with van der Waals surface area (Å²) in [5, 5.41) is 9.76. The van der Waals surface area contributed by atoms with Crippen molar-refractivity contribution in [3.05, 3.63) is 30.3 Å². The van der Waals surface area contributed by atoms with E-state index in [-0.39, 0.29) is 19.1 Å². The smallest absolute Gasteiger partial charge is 0.313 e. The molecule has 1 N–H and O–H groups in total. The molecule has 1 unspecified atom stereocenters. The van der Waals surface area contributed by atoms with Crippen LogP contribution in [0.3, 0.4) is 0 Å². The number of piperidine rings is 1. The molecule has 1 aromatic rings. The van der Waals surface area contributed by atoms with E-state index < -0.39 is 16.1 Å². The topological polar surface area (TPSA) is 66.8 Å². The summed E-state index contributed by atoms with van der Waals surface area (Å²) in [7, 11) is 1.52. The van der Waals surface area contributed by atoms with E-state index in [0.717, 1.165) is 30.6 Å². The lowest BCUT2D eigenvalue weighted by Gasteiger charge is -2.42. The van der Waals surface area contributed by atoms with E-state index in [4.69, 9.17) is 4.74 Å². The van der Waals surface area contributed by atoms with Gasteiger partial charge in [-0.15, -0.1) is 11.8 Å². The second-order valence-corrected chi connectivity index (χ2v) is 8.92. The minimum absolute atomic E-state index is 0.102. The van der Waals surface area contributed by atoms with Gasteiger partial charge in [0, 0.05) is 25.1 Å². The number of rotatable bonds is 6. The quantitative estimate of drug-likeness (QED) is 0.823. The summed E-state index contributed by atoms with van der Waals surface area (Å²) in [6.07, 6.45) is 5.05. The molecule has 5 nitrogen and oxygen atoms in total. The van der Waals surface area contributed by atoms with Crippen LogP contribution in [0.15, 0.2) is 35.2 Å². The molecule has 1 aliphatic heterocycles. The molecule has 142 valence electrons. The summed E-state index contributed by atoms with van der Waals surface area (Å²) in [5.74, 6) is -0.765. The van der Waals surface area contributed by atoms with Crippen LogP contribution in [0.4, 0.5) is 0 Å². The van der Waals surface area contributed by atoms with Crippen molar-refractivity contribution in [2.45, 2.75) is 48.2 Å². The maximum absolute atomic E-state index is 13.5. The number of hydrogen-bond acceptors (Lipinski definition) is 4. The summed E-state index contributed by atoms with van der Waals surface area (Å²) >= 11 is 1.65. The van der Waals surface area contributed by atoms with Gasteiger partial charge in [-0.3, -0.25) is 9.59 Å². The number of carbonyl (C=O) groups is 2. The van der Waals surface area contributed by atoms with E-state index in [1.165, 1.54) is 7.11 Å². The Morgan fingerprint density at radius 2 is 1.85 bits per heavy atom. The van der Waals surface area contributed by atoms with Gasteiger partial charge in [0.2, 0.25) is 5.91 Å². The van der Waals surface area contributed by atoms with Gasteiger partial charge < -0.3 is 14.7 Å². The first-order valence-corrected chi connectivity index (χ1v) is 10.1. The first-order chi connectivity index (χ1) is 12.5. The summed E-state index contributed by atoms with van der Waals surface area (Å²) in [5.41, 5.74) is -0.986. The van der Waals surface area contributed by atoms with Gasteiger partial charge in [0.15, 0.2) is 0 Å². The van der Waals surface area contributed by atoms with Crippen molar-refractivity contribution in [2.75, 3.05) is 26.8 Å². The third-order valence-corrected chi connectivity index (χ3v) is 7.08. The Balaban J connectivity index is 1.82. The lowest BCUT2D eigenvalue weighted by atomic mass is 9.80. The molecule has 2 fully saturated rings. The summed E-state index contributed by atoms with van der Waals surface area (Å²) < 4.78 is 4.73. The molecule has 1 saturated carbocycles. The number of benzene rings is 1. The lowest BCUT2D eigenvalue weighted by Crippen LogP contribution is -2.56. The van der Waals surface area contributed by atoms with Crippen molar-refractivity contribution >= 4 is 23.6 Å². The van der Waals surface area contributed by atoms with E-state index >= 15 is 0 Å². The van der Waals surface area contributed by atoms with E-state index in [9.17, 15) is 14.7 Å². The highest BCUT2D eigenvalue weighted by Gasteiger charge is 2.49. The number of methoxy groups -OCH3 is 1. The second kappa shape index (κ2) is 8.01. The fraction of sp³-hybridized carbons (Fsp3) is 0.600. The molecule has 2 aliphatic rings. The third kappa shape index (κ3) is 3.76. The minimum Gasteiger partial charge on any atom is -0.481 e. The molecule has 0 spiro atoms. The number of thioether (sulfide) groups is 1. The monoisotopic (exact) mass is 377 g/mol. The zero-order chi connectivity index (χ0) is 18.6. The van der Waals surface area contributed by atoms with E-state index in [0.29, 0.717) is 19.4 Å². The zero-order valence-electron chi connectivity index (χ0n) is 15.3. The number of carbonyl (C=O) groups excluding carboxylic acids is 1. The van der Waals surface area contributed by atoms with Crippen molar-refractivity contribution in [3.8, 4) is 0 Å². The first-order valence-electron chi connectivity index (χ1n) is 9.27. The summed E-state index contributed by atoms with van der Waals surface area (Å²) in [6.45, 7) is 1.02. The lowest BCUT2D eigenvalue weighted by molar-refractivity contribution is -0.159. The molecule has 1 saturated heterocycles. The largest absolute Gasteiger partial charge is 0.481 e. The molecule has 26 heavy (non-hydrogen) atoms. The third-order valence-electron chi connectivity index (χ3n) is 5.60. The molecule has 1 aromatic carbocycles. The molecule has 3 rings (SSSR count). The van der Waals surface area contributed by atoms with Gasteiger partial charge in [0.05, 0.1) is 11.4 Å². The van der Waals surface area contributed by atoms with Crippen molar-refractivity contribution in [1.82, 2.24) is 4.90 Å². The fourth-order valence-electron chi connectivity index (χ4n) is 4.24. The molecule has 0 aromatic heterocycles. The molecular weight excluding hydrogens is 350 g/mol. The zero-order valence-corrected chi connectivity index (χ0v) is 16.1. The molecular formula is C20H27NO4S. The number of ether oxygens (including phenoxy) is 1. The highest BCUT2D eigenvalue weighted by molar-refractivity contribution is 8.01. The first kappa shape index (κ1) is 19.2. The van der Waals surface area contributed by atoms with Crippen LogP contribution in [-0.4, -0.2) is 53.4 Å². The van der Waals surface area contributed by atoms with Crippen LogP contribution in [0.2, 0.25) is 0 Å². The predicted octanol–water partition coefficient (Wildman–Crippen LogP) is 3.43. The normalized spacial score (nSPS) is 25.2. The van der Waals surface area contributed by atoms with Crippen molar-refractivity contribution in [1.29, 1.82) is 0 Å². The second-order valence-electron chi connectivity index (χ2n) is 7.47. The maximum atomic E-state index is 13.5. The molecule has 6 heteroatoms. The van der Waals surface area contributed by atoms with Gasteiger partial charge in [0.25, 0.3) is 0 Å². The van der Waals surface area contributed by atoms with Crippen LogP contribution in [-0.2, 0) is 14.3 Å². The van der Waals surface area contributed by atoms with Crippen LogP contribution in [0.25, 0.3) is 0 Å². The van der Waals surface area contributed by atoms with Crippen molar-refractivity contribution in [2.24, 2.45) is 5.41 Å². The number of carboxylic acids is 1. The average molecular weight is 378 g/mol. The molecule has 1 amide bonds. The Kier molecular flexibility index (Phi) is 5.92. The predicted molar refractivity (Wildman–Crippen MR) is 101 cm³/mol. The number of nitrogens with zero attached hydrogens (tertiary/aromatic N) is 1. The summed E-state index contributed by atoms with van der Waals surface area (Å²) in [6, 6.07) is 10.0. The van der Waals surface area contributed by atoms with E-state index in [1.54, 1.807) is 16.7 Å². The number of likely N-dealkylation sites (tertiary alicyclic amines) is 1. The molecule has 0 radical (unpaired) electrons. The Labute approximate surface area is 159 Å². The number of carboxylic acid groups (broad SMARTS) is 1. The van der Waals surface area contributed by atoms with Crippen LogP contribution < -0.4 is 0 Å². The van der Waals surface area contributed by atoms with Crippen molar-refractivity contribution in [3.63, 3.8) is 0 Å². The van der Waals surface area contributed by atoms with Gasteiger partial charge in [-0.05, 0) is 37.8 Å². The standard InChI is InChI=1S/C20H27NO4S/c1-25-15-19(18(23)24)10-7-13-21(14-19)17(22)20(11-5-6-12-20)26-16-8-3-2-4-9-16/h2-4,8-9H,5-7,10-15H2,1H3,(H,23,24). The highest BCUT2D eigenvalue weighted by Crippen LogP contribution is 2.47. The van der Waals surface area contributed by atoms with Crippen LogP contribution in [0.1, 0.15) is 38.5 Å². The van der Waals surface area contributed by atoms with E-state index in [2.05, 4.69) is 0 Å².